The lowest BCUT2D eigenvalue weighted by atomic mass is 10.1. The zero-order valence-corrected chi connectivity index (χ0v) is 11.2. The maximum absolute atomic E-state index is 13.0. The molecule has 0 aliphatic rings. The van der Waals surface area contributed by atoms with Gasteiger partial charge in [0.2, 0.25) is 0 Å². The van der Waals surface area contributed by atoms with Gasteiger partial charge in [-0.2, -0.15) is 0 Å². The molecule has 0 fully saturated rings. The van der Waals surface area contributed by atoms with Crippen molar-refractivity contribution < 1.29 is 18.0 Å². The SMILES string of the molecule is CN(C)CCCN(C)C(=O)c1cc(F)c(F)c(F)c1. The minimum Gasteiger partial charge on any atom is -0.342 e. The van der Waals surface area contributed by atoms with Crippen molar-refractivity contribution in [3.05, 3.63) is 35.1 Å². The average molecular weight is 274 g/mol. The van der Waals surface area contributed by atoms with Crippen molar-refractivity contribution in [3.63, 3.8) is 0 Å². The van der Waals surface area contributed by atoms with Crippen LogP contribution in [0.1, 0.15) is 16.8 Å². The first-order valence-electron chi connectivity index (χ1n) is 5.87. The Balaban J connectivity index is 2.72. The smallest absolute Gasteiger partial charge is 0.253 e. The van der Waals surface area contributed by atoms with Crippen molar-refractivity contribution in [2.75, 3.05) is 34.2 Å². The molecular formula is C13H17F3N2O. The van der Waals surface area contributed by atoms with E-state index in [1.165, 1.54) is 11.9 Å². The van der Waals surface area contributed by atoms with Crippen LogP contribution in [0.5, 0.6) is 0 Å². The van der Waals surface area contributed by atoms with E-state index in [1.807, 2.05) is 19.0 Å². The minimum atomic E-state index is -1.56. The van der Waals surface area contributed by atoms with Gasteiger partial charge in [0.1, 0.15) is 0 Å². The van der Waals surface area contributed by atoms with Crippen LogP contribution in [-0.4, -0.2) is 49.9 Å². The lowest BCUT2D eigenvalue weighted by Gasteiger charge is -2.18. The number of benzene rings is 1. The monoisotopic (exact) mass is 274 g/mol. The molecule has 0 unspecified atom stereocenters. The highest BCUT2D eigenvalue weighted by molar-refractivity contribution is 5.94. The van der Waals surface area contributed by atoms with Gasteiger partial charge >= 0.3 is 0 Å². The second kappa shape index (κ2) is 6.56. The molecule has 6 heteroatoms. The molecule has 0 aliphatic carbocycles. The molecule has 19 heavy (non-hydrogen) atoms. The Hall–Kier alpha value is -1.56. The maximum atomic E-state index is 13.0. The highest BCUT2D eigenvalue weighted by atomic mass is 19.2. The molecule has 0 aliphatic heterocycles. The van der Waals surface area contributed by atoms with Crippen molar-refractivity contribution in [3.8, 4) is 0 Å². The van der Waals surface area contributed by atoms with Crippen molar-refractivity contribution in [1.82, 2.24) is 9.80 Å². The molecular weight excluding hydrogens is 257 g/mol. The lowest BCUT2D eigenvalue weighted by molar-refractivity contribution is 0.0789. The van der Waals surface area contributed by atoms with Gasteiger partial charge in [0.05, 0.1) is 0 Å². The number of rotatable bonds is 5. The second-order valence-corrected chi connectivity index (χ2v) is 4.64. The third kappa shape index (κ3) is 4.24. The Labute approximate surface area is 110 Å². The summed E-state index contributed by atoms with van der Waals surface area (Å²) in [4.78, 5) is 15.2. The molecule has 1 aromatic rings. The number of carbonyl (C=O) groups is 1. The van der Waals surface area contributed by atoms with Crippen LogP contribution in [0.4, 0.5) is 13.2 Å². The number of halogens is 3. The van der Waals surface area contributed by atoms with E-state index in [0.29, 0.717) is 18.7 Å². The average Bonchev–Trinajstić information content (AvgIpc) is 2.33. The number of amides is 1. The van der Waals surface area contributed by atoms with Crippen molar-refractivity contribution in [2.24, 2.45) is 0 Å². The predicted octanol–water partition coefficient (Wildman–Crippen LogP) is 2.13. The van der Waals surface area contributed by atoms with Crippen LogP contribution in [-0.2, 0) is 0 Å². The Morgan fingerprint density at radius 1 is 1.05 bits per heavy atom. The zero-order chi connectivity index (χ0) is 14.6. The molecule has 1 amide bonds. The summed E-state index contributed by atoms with van der Waals surface area (Å²) in [7, 11) is 5.36. The fourth-order valence-corrected chi connectivity index (χ4v) is 1.63. The molecule has 0 saturated carbocycles. The quantitative estimate of drug-likeness (QED) is 0.768. The van der Waals surface area contributed by atoms with E-state index in [2.05, 4.69) is 0 Å². The third-order valence-corrected chi connectivity index (χ3v) is 2.68. The van der Waals surface area contributed by atoms with E-state index in [-0.39, 0.29) is 5.56 Å². The maximum Gasteiger partial charge on any atom is 0.253 e. The van der Waals surface area contributed by atoms with Crippen LogP contribution in [0, 0.1) is 17.5 Å². The number of hydrogen-bond acceptors (Lipinski definition) is 2. The van der Waals surface area contributed by atoms with Gasteiger partial charge in [-0.05, 0) is 39.2 Å². The van der Waals surface area contributed by atoms with Crippen molar-refractivity contribution in [1.29, 1.82) is 0 Å². The van der Waals surface area contributed by atoms with Gasteiger partial charge in [0.25, 0.3) is 5.91 Å². The number of carbonyl (C=O) groups excluding carboxylic acids is 1. The van der Waals surface area contributed by atoms with Gasteiger partial charge in [-0.3, -0.25) is 4.79 Å². The molecule has 0 bridgehead atoms. The minimum absolute atomic E-state index is 0.191. The zero-order valence-electron chi connectivity index (χ0n) is 11.2. The molecule has 0 atom stereocenters. The van der Waals surface area contributed by atoms with Crippen LogP contribution in [0.15, 0.2) is 12.1 Å². The number of hydrogen-bond donors (Lipinski definition) is 0. The van der Waals surface area contributed by atoms with Crippen LogP contribution >= 0.6 is 0 Å². The third-order valence-electron chi connectivity index (χ3n) is 2.68. The van der Waals surface area contributed by atoms with E-state index < -0.39 is 23.4 Å². The van der Waals surface area contributed by atoms with E-state index in [4.69, 9.17) is 0 Å². The summed E-state index contributed by atoms with van der Waals surface area (Å²) in [5, 5.41) is 0. The van der Waals surface area contributed by atoms with Crippen molar-refractivity contribution >= 4 is 5.91 Å². The van der Waals surface area contributed by atoms with E-state index in [9.17, 15) is 18.0 Å². The summed E-state index contributed by atoms with van der Waals surface area (Å²) >= 11 is 0. The molecule has 106 valence electrons. The van der Waals surface area contributed by atoms with Crippen LogP contribution in [0.3, 0.4) is 0 Å². The molecule has 1 aromatic carbocycles. The van der Waals surface area contributed by atoms with Gasteiger partial charge in [-0.1, -0.05) is 0 Å². The molecule has 1 rings (SSSR count). The summed E-state index contributed by atoms with van der Waals surface area (Å²) in [5.41, 5.74) is -0.191. The van der Waals surface area contributed by atoms with Gasteiger partial charge < -0.3 is 9.80 Å². The first-order chi connectivity index (χ1) is 8.82. The Bertz CT molecular complexity index is 440. The molecule has 3 nitrogen and oxygen atoms in total. The second-order valence-electron chi connectivity index (χ2n) is 4.64. The van der Waals surface area contributed by atoms with Gasteiger partial charge in [0, 0.05) is 19.2 Å². The highest BCUT2D eigenvalue weighted by Gasteiger charge is 2.17. The van der Waals surface area contributed by atoms with Gasteiger partial charge in [0.15, 0.2) is 17.5 Å². The van der Waals surface area contributed by atoms with E-state index in [1.54, 1.807) is 0 Å². The van der Waals surface area contributed by atoms with Crippen molar-refractivity contribution in [2.45, 2.75) is 6.42 Å². The number of nitrogens with zero attached hydrogens (tertiary/aromatic N) is 2. The molecule has 0 N–H and O–H groups in total. The highest BCUT2D eigenvalue weighted by Crippen LogP contribution is 2.15. The summed E-state index contributed by atoms with van der Waals surface area (Å²) in [5.74, 6) is -4.81. The van der Waals surface area contributed by atoms with Gasteiger partial charge in [-0.25, -0.2) is 13.2 Å². The topological polar surface area (TPSA) is 23.6 Å². The Morgan fingerprint density at radius 2 is 1.58 bits per heavy atom. The normalized spacial score (nSPS) is 10.9. The predicted molar refractivity (Wildman–Crippen MR) is 66.4 cm³/mol. The molecule has 0 saturated heterocycles. The summed E-state index contributed by atoms with van der Waals surface area (Å²) in [6, 6.07) is 1.42. The molecule has 0 heterocycles. The van der Waals surface area contributed by atoms with Crippen LogP contribution in [0.25, 0.3) is 0 Å². The summed E-state index contributed by atoms with van der Waals surface area (Å²) in [6.07, 6.45) is 0.737. The summed E-state index contributed by atoms with van der Waals surface area (Å²) in [6.45, 7) is 1.25. The fourth-order valence-electron chi connectivity index (χ4n) is 1.63. The lowest BCUT2D eigenvalue weighted by Crippen LogP contribution is -2.30. The van der Waals surface area contributed by atoms with Crippen LogP contribution in [0.2, 0.25) is 0 Å². The Kier molecular flexibility index (Phi) is 5.35. The van der Waals surface area contributed by atoms with E-state index >= 15 is 0 Å². The summed E-state index contributed by atoms with van der Waals surface area (Å²) < 4.78 is 38.8. The fraction of sp³-hybridized carbons (Fsp3) is 0.462. The first-order valence-corrected chi connectivity index (χ1v) is 5.87. The molecule has 0 aromatic heterocycles. The standard InChI is InChI=1S/C13H17F3N2O/c1-17(2)5-4-6-18(3)13(19)9-7-10(14)12(16)11(15)8-9/h7-8H,4-6H2,1-3H3. The van der Waals surface area contributed by atoms with Gasteiger partial charge in [-0.15, -0.1) is 0 Å². The first kappa shape index (κ1) is 15.5. The van der Waals surface area contributed by atoms with E-state index in [0.717, 1.165) is 13.0 Å². The largest absolute Gasteiger partial charge is 0.342 e. The molecule has 0 radical (unpaired) electrons. The van der Waals surface area contributed by atoms with Crippen LogP contribution < -0.4 is 0 Å². The molecule has 0 spiro atoms. The Morgan fingerprint density at radius 3 is 2.05 bits per heavy atom.